The summed E-state index contributed by atoms with van der Waals surface area (Å²) < 4.78 is 12.6. The maximum atomic E-state index is 12.5. The molecule has 0 aliphatic carbocycles. The van der Waals surface area contributed by atoms with Crippen molar-refractivity contribution in [2.24, 2.45) is 5.41 Å². The number of nitrogens with zero attached hydrogens (tertiary/aromatic N) is 1. The fourth-order valence-electron chi connectivity index (χ4n) is 6.40. The fraction of sp³-hybridized carbons (Fsp3) is 0.400. The van der Waals surface area contributed by atoms with Gasteiger partial charge < -0.3 is 19.1 Å². The van der Waals surface area contributed by atoms with E-state index in [4.69, 9.17) is 9.47 Å². The van der Waals surface area contributed by atoms with E-state index in [1.54, 1.807) is 7.11 Å². The second-order valence-electron chi connectivity index (χ2n) is 10.1. The Labute approximate surface area is 203 Å². The Balaban J connectivity index is 1.28. The first-order chi connectivity index (χ1) is 16.6. The molecule has 1 N–H and O–H groups in total. The summed E-state index contributed by atoms with van der Waals surface area (Å²) in [7, 11) is 1.68. The summed E-state index contributed by atoms with van der Waals surface area (Å²) in [6.07, 6.45) is 4.15. The first kappa shape index (κ1) is 22.9. The van der Waals surface area contributed by atoms with Gasteiger partial charge in [0.2, 0.25) is 0 Å². The number of benzene rings is 3. The minimum Gasteiger partial charge on any atom is -0.493 e. The van der Waals surface area contributed by atoms with Crippen LogP contribution in [0.2, 0.25) is 0 Å². The predicted molar refractivity (Wildman–Crippen MR) is 135 cm³/mol. The third kappa shape index (κ3) is 3.99. The first-order valence-corrected chi connectivity index (χ1v) is 12.6. The Morgan fingerprint density at radius 1 is 0.765 bits per heavy atom. The molecular formula is C30H36NO3+. The van der Waals surface area contributed by atoms with E-state index in [0.717, 1.165) is 79.0 Å². The highest BCUT2D eigenvalue weighted by Crippen LogP contribution is 2.57. The molecule has 3 fully saturated rings. The number of hydrogen-bond acceptors (Lipinski definition) is 3. The molecule has 0 atom stereocenters. The van der Waals surface area contributed by atoms with Crippen molar-refractivity contribution in [3.8, 4) is 11.5 Å². The van der Waals surface area contributed by atoms with E-state index in [0.29, 0.717) is 6.61 Å². The predicted octanol–water partition coefficient (Wildman–Crippen LogP) is 5.40. The third-order valence-corrected chi connectivity index (χ3v) is 8.45. The molecule has 34 heavy (non-hydrogen) atoms. The van der Waals surface area contributed by atoms with Crippen LogP contribution in [-0.2, 0) is 5.60 Å². The molecule has 3 aliphatic rings. The lowest BCUT2D eigenvalue weighted by molar-refractivity contribution is -0.946. The summed E-state index contributed by atoms with van der Waals surface area (Å²) in [6.45, 7) is 5.19. The number of aliphatic hydroxyl groups is 1. The molecule has 0 saturated carbocycles. The standard InChI is InChI=1S/C30H36NO3/c1-33-27-15-8-9-16-28(27)34-24-10-20-31-21-17-29(18-22-31,19-23-31)30(32,25-11-4-2-5-12-25)26-13-6-3-7-14-26/h2-9,11-16,32H,10,17-24H2,1H3/q+1. The van der Waals surface area contributed by atoms with Crippen LogP contribution in [0.4, 0.5) is 0 Å². The lowest BCUT2D eigenvalue weighted by Gasteiger charge is -2.60. The smallest absolute Gasteiger partial charge is 0.161 e. The van der Waals surface area contributed by atoms with Gasteiger partial charge in [-0.25, -0.2) is 0 Å². The van der Waals surface area contributed by atoms with Crippen LogP contribution in [0.25, 0.3) is 0 Å². The molecule has 6 rings (SSSR count). The molecule has 3 saturated heterocycles. The maximum absolute atomic E-state index is 12.5. The van der Waals surface area contributed by atoms with Crippen molar-refractivity contribution in [3.05, 3.63) is 96.1 Å². The number of rotatable bonds is 9. The molecule has 0 spiro atoms. The van der Waals surface area contributed by atoms with E-state index in [2.05, 4.69) is 24.3 Å². The fourth-order valence-corrected chi connectivity index (χ4v) is 6.40. The number of para-hydroxylation sites is 2. The number of hydrogen-bond donors (Lipinski definition) is 1. The zero-order valence-corrected chi connectivity index (χ0v) is 20.2. The van der Waals surface area contributed by atoms with Crippen molar-refractivity contribution < 1.29 is 19.1 Å². The summed E-state index contributed by atoms with van der Waals surface area (Å²) in [4.78, 5) is 0. The molecular weight excluding hydrogens is 422 g/mol. The van der Waals surface area contributed by atoms with Gasteiger partial charge in [0, 0.05) is 31.1 Å². The van der Waals surface area contributed by atoms with Gasteiger partial charge in [0.05, 0.1) is 39.9 Å². The number of methoxy groups -OCH3 is 1. The van der Waals surface area contributed by atoms with Gasteiger partial charge in [0.1, 0.15) is 5.60 Å². The number of ether oxygens (including phenoxy) is 2. The molecule has 3 aromatic rings. The van der Waals surface area contributed by atoms with Crippen molar-refractivity contribution >= 4 is 0 Å². The van der Waals surface area contributed by atoms with Gasteiger partial charge in [-0.2, -0.15) is 0 Å². The second-order valence-corrected chi connectivity index (χ2v) is 10.1. The van der Waals surface area contributed by atoms with E-state index in [-0.39, 0.29) is 5.41 Å². The van der Waals surface area contributed by atoms with Crippen LogP contribution in [0.1, 0.15) is 36.8 Å². The van der Waals surface area contributed by atoms with Crippen LogP contribution in [0.5, 0.6) is 11.5 Å². The maximum Gasteiger partial charge on any atom is 0.161 e. The number of quaternary nitrogens is 1. The molecule has 2 bridgehead atoms. The SMILES string of the molecule is COc1ccccc1OCCC[N+]12CCC(C(O)(c3ccccc3)c3ccccc3)(CC1)CC2. The second kappa shape index (κ2) is 9.44. The lowest BCUT2D eigenvalue weighted by Crippen LogP contribution is -2.66. The Kier molecular flexibility index (Phi) is 6.37. The van der Waals surface area contributed by atoms with Crippen molar-refractivity contribution in [2.45, 2.75) is 31.3 Å². The van der Waals surface area contributed by atoms with Gasteiger partial charge in [-0.1, -0.05) is 72.8 Å². The molecule has 3 heterocycles. The van der Waals surface area contributed by atoms with Gasteiger partial charge in [-0.15, -0.1) is 0 Å². The molecule has 3 aliphatic heterocycles. The molecule has 0 unspecified atom stereocenters. The summed E-state index contributed by atoms with van der Waals surface area (Å²) in [5.41, 5.74) is 0.962. The van der Waals surface area contributed by atoms with Crippen LogP contribution < -0.4 is 9.47 Å². The van der Waals surface area contributed by atoms with Crippen molar-refractivity contribution in [2.75, 3.05) is 39.9 Å². The molecule has 3 aromatic carbocycles. The van der Waals surface area contributed by atoms with Gasteiger partial charge in [-0.3, -0.25) is 0 Å². The highest BCUT2D eigenvalue weighted by atomic mass is 16.5. The van der Waals surface area contributed by atoms with Crippen LogP contribution in [0.3, 0.4) is 0 Å². The van der Waals surface area contributed by atoms with Gasteiger partial charge >= 0.3 is 0 Å². The summed E-state index contributed by atoms with van der Waals surface area (Å²) >= 11 is 0. The Morgan fingerprint density at radius 3 is 1.79 bits per heavy atom. The average Bonchev–Trinajstić information content (AvgIpc) is 2.93. The summed E-state index contributed by atoms with van der Waals surface area (Å²) in [5.74, 6) is 1.61. The topological polar surface area (TPSA) is 38.7 Å². The van der Waals surface area contributed by atoms with Crippen LogP contribution in [0.15, 0.2) is 84.9 Å². The lowest BCUT2D eigenvalue weighted by atomic mass is 9.56. The summed E-state index contributed by atoms with van der Waals surface area (Å²) in [6, 6.07) is 28.5. The van der Waals surface area contributed by atoms with Crippen LogP contribution >= 0.6 is 0 Å². The Bertz CT molecular complexity index is 1020. The average molecular weight is 459 g/mol. The normalized spacial score (nSPS) is 24.1. The quantitative estimate of drug-likeness (QED) is 0.345. The van der Waals surface area contributed by atoms with Crippen molar-refractivity contribution in [3.63, 3.8) is 0 Å². The van der Waals surface area contributed by atoms with Crippen LogP contribution in [0, 0.1) is 5.41 Å². The highest BCUT2D eigenvalue weighted by Gasteiger charge is 2.60. The molecule has 0 radical (unpaired) electrons. The Hall–Kier alpha value is -2.82. The zero-order chi connectivity index (χ0) is 23.5. The van der Waals surface area contributed by atoms with E-state index in [9.17, 15) is 5.11 Å². The monoisotopic (exact) mass is 458 g/mol. The molecule has 0 amide bonds. The summed E-state index contributed by atoms with van der Waals surface area (Å²) in [5, 5.41) is 12.5. The first-order valence-electron chi connectivity index (χ1n) is 12.6. The minimum absolute atomic E-state index is 0.121. The number of fused-ring (bicyclic) bond motifs is 3. The Morgan fingerprint density at radius 2 is 1.26 bits per heavy atom. The number of piperidine rings is 3. The van der Waals surface area contributed by atoms with Crippen LogP contribution in [-0.4, -0.2) is 49.5 Å². The van der Waals surface area contributed by atoms with Gasteiger partial charge in [-0.05, 0) is 23.3 Å². The third-order valence-electron chi connectivity index (χ3n) is 8.45. The highest BCUT2D eigenvalue weighted by molar-refractivity contribution is 5.40. The van der Waals surface area contributed by atoms with E-state index in [1.807, 2.05) is 60.7 Å². The van der Waals surface area contributed by atoms with E-state index >= 15 is 0 Å². The largest absolute Gasteiger partial charge is 0.493 e. The molecule has 4 nitrogen and oxygen atoms in total. The van der Waals surface area contributed by atoms with Crippen molar-refractivity contribution in [1.29, 1.82) is 0 Å². The van der Waals surface area contributed by atoms with Crippen molar-refractivity contribution in [1.82, 2.24) is 0 Å². The molecule has 4 heteroatoms. The van der Waals surface area contributed by atoms with Gasteiger partial charge in [0.25, 0.3) is 0 Å². The molecule has 178 valence electrons. The van der Waals surface area contributed by atoms with E-state index in [1.165, 1.54) is 0 Å². The zero-order valence-electron chi connectivity index (χ0n) is 20.2. The molecule has 0 aromatic heterocycles. The van der Waals surface area contributed by atoms with Gasteiger partial charge in [0.15, 0.2) is 11.5 Å². The minimum atomic E-state index is -0.959. The van der Waals surface area contributed by atoms with E-state index < -0.39 is 5.60 Å².